The molecule has 32 heavy (non-hydrogen) atoms. The quantitative estimate of drug-likeness (QED) is 0.526. The average molecular weight is 433 g/mol. The highest BCUT2D eigenvalue weighted by atomic mass is 16.5. The van der Waals surface area contributed by atoms with Gasteiger partial charge in [-0.15, -0.1) is 0 Å². The Kier molecular flexibility index (Phi) is 5.42. The largest absolute Gasteiger partial charge is 0.378 e. The molecule has 4 heterocycles. The maximum absolute atomic E-state index is 12.9. The molecule has 0 bridgehead atoms. The molecule has 164 valence electrons. The number of nitrogens with one attached hydrogen (secondary N) is 1. The van der Waals surface area contributed by atoms with Crippen LogP contribution in [0.15, 0.2) is 53.3 Å². The second kappa shape index (κ2) is 8.52. The van der Waals surface area contributed by atoms with Gasteiger partial charge in [-0.3, -0.25) is 9.20 Å². The third-order valence-electron chi connectivity index (χ3n) is 5.44. The molecule has 9 nitrogen and oxygen atoms in total. The Morgan fingerprint density at radius 1 is 1.19 bits per heavy atom. The summed E-state index contributed by atoms with van der Waals surface area (Å²) >= 11 is 0. The minimum atomic E-state index is -0.250. The van der Waals surface area contributed by atoms with E-state index in [2.05, 4.69) is 20.4 Å². The molecular formula is C23H23N5O4. The van der Waals surface area contributed by atoms with Gasteiger partial charge in [0.1, 0.15) is 11.3 Å². The molecule has 0 saturated carbocycles. The highest BCUT2D eigenvalue weighted by Gasteiger charge is 2.24. The number of fused-ring (bicyclic) bond motifs is 1. The third kappa shape index (κ3) is 4.00. The SMILES string of the molecule is Cc1ccc(-c2noc(C3COCC(C)OC3)n2)cc1NC(=O)c1cnc2ccccn12. The molecule has 0 aliphatic carbocycles. The summed E-state index contributed by atoms with van der Waals surface area (Å²) in [7, 11) is 0. The Hall–Kier alpha value is -3.56. The van der Waals surface area contributed by atoms with Crippen LogP contribution in [0.25, 0.3) is 17.0 Å². The Morgan fingerprint density at radius 2 is 2.09 bits per heavy atom. The zero-order valence-corrected chi connectivity index (χ0v) is 17.8. The van der Waals surface area contributed by atoms with E-state index in [1.54, 1.807) is 10.6 Å². The van der Waals surface area contributed by atoms with Crippen LogP contribution in [0.2, 0.25) is 0 Å². The van der Waals surface area contributed by atoms with Crippen LogP contribution in [0, 0.1) is 6.92 Å². The highest BCUT2D eigenvalue weighted by Crippen LogP contribution is 2.26. The van der Waals surface area contributed by atoms with Gasteiger partial charge >= 0.3 is 0 Å². The summed E-state index contributed by atoms with van der Waals surface area (Å²) in [4.78, 5) is 21.7. The van der Waals surface area contributed by atoms with Crippen molar-refractivity contribution in [2.45, 2.75) is 25.9 Å². The van der Waals surface area contributed by atoms with Crippen LogP contribution in [0.5, 0.6) is 0 Å². The fraction of sp³-hybridized carbons (Fsp3) is 0.304. The molecular weight excluding hydrogens is 410 g/mol. The first-order chi connectivity index (χ1) is 15.6. The second-order valence-corrected chi connectivity index (χ2v) is 7.89. The van der Waals surface area contributed by atoms with E-state index < -0.39 is 0 Å². The van der Waals surface area contributed by atoms with Crippen LogP contribution in [-0.2, 0) is 9.47 Å². The molecule has 4 aromatic rings. The molecule has 2 unspecified atom stereocenters. The lowest BCUT2D eigenvalue weighted by atomic mass is 10.1. The highest BCUT2D eigenvalue weighted by molar-refractivity contribution is 6.04. The molecule has 1 aliphatic heterocycles. The first kappa shape index (κ1) is 20.3. The normalized spacial score (nSPS) is 19.1. The van der Waals surface area contributed by atoms with Crippen molar-refractivity contribution in [1.29, 1.82) is 0 Å². The molecule has 1 fully saturated rings. The zero-order valence-electron chi connectivity index (χ0n) is 17.8. The van der Waals surface area contributed by atoms with E-state index in [0.717, 1.165) is 11.1 Å². The van der Waals surface area contributed by atoms with Crippen LogP contribution < -0.4 is 5.32 Å². The minimum absolute atomic E-state index is 0.0403. The molecule has 1 amide bonds. The fourth-order valence-electron chi connectivity index (χ4n) is 3.60. The first-order valence-electron chi connectivity index (χ1n) is 10.5. The number of nitrogens with zero attached hydrogens (tertiary/aromatic N) is 4. The first-order valence-corrected chi connectivity index (χ1v) is 10.5. The molecule has 1 saturated heterocycles. The summed E-state index contributed by atoms with van der Waals surface area (Å²) in [5.41, 5.74) is 3.49. The Balaban J connectivity index is 1.37. The van der Waals surface area contributed by atoms with Gasteiger partial charge in [0.25, 0.3) is 5.91 Å². The van der Waals surface area contributed by atoms with E-state index in [-0.39, 0.29) is 17.9 Å². The van der Waals surface area contributed by atoms with E-state index in [4.69, 9.17) is 14.0 Å². The second-order valence-electron chi connectivity index (χ2n) is 7.89. The van der Waals surface area contributed by atoms with Crippen LogP contribution in [-0.4, -0.2) is 51.4 Å². The number of aromatic nitrogens is 4. The lowest BCUT2D eigenvalue weighted by molar-refractivity contribution is 0.0375. The Labute approximate surface area is 184 Å². The zero-order chi connectivity index (χ0) is 22.1. The molecule has 3 aromatic heterocycles. The number of pyridine rings is 1. The number of ether oxygens (including phenoxy) is 2. The minimum Gasteiger partial charge on any atom is -0.378 e. The molecule has 1 N–H and O–H groups in total. The molecule has 1 aromatic carbocycles. The smallest absolute Gasteiger partial charge is 0.274 e. The van der Waals surface area contributed by atoms with Crippen molar-refractivity contribution in [1.82, 2.24) is 19.5 Å². The van der Waals surface area contributed by atoms with Gasteiger partial charge in [-0.1, -0.05) is 23.4 Å². The van der Waals surface area contributed by atoms with Crippen LogP contribution in [0.4, 0.5) is 5.69 Å². The molecule has 2 atom stereocenters. The number of rotatable bonds is 4. The number of hydrogen-bond donors (Lipinski definition) is 1. The van der Waals surface area contributed by atoms with Crippen LogP contribution in [0.3, 0.4) is 0 Å². The van der Waals surface area contributed by atoms with Gasteiger partial charge in [0.05, 0.1) is 38.0 Å². The predicted octanol–water partition coefficient (Wildman–Crippen LogP) is 3.46. The number of aryl methyl sites for hydroxylation is 1. The van der Waals surface area contributed by atoms with Crippen molar-refractivity contribution in [3.05, 3.63) is 65.9 Å². The number of anilines is 1. The molecule has 9 heteroatoms. The van der Waals surface area contributed by atoms with Gasteiger partial charge in [-0.25, -0.2) is 4.98 Å². The van der Waals surface area contributed by atoms with Crippen molar-refractivity contribution in [2.75, 3.05) is 25.1 Å². The standard InChI is InChI=1S/C23H23N5O4/c1-14-6-7-16(21-26-23(32-27-21)17-12-30-11-15(2)31-13-17)9-18(14)25-22(29)19-10-24-20-5-3-4-8-28(19)20/h3-10,15,17H,11-13H2,1-2H3,(H,25,29). The topological polar surface area (TPSA) is 104 Å². The number of carbonyl (C=O) groups excluding carboxylic acids is 1. The van der Waals surface area contributed by atoms with Gasteiger partial charge in [0.15, 0.2) is 0 Å². The van der Waals surface area contributed by atoms with Crippen molar-refractivity contribution < 1.29 is 18.8 Å². The average Bonchev–Trinajstić information content (AvgIpc) is 3.40. The van der Waals surface area contributed by atoms with Crippen LogP contribution >= 0.6 is 0 Å². The van der Waals surface area contributed by atoms with E-state index in [9.17, 15) is 4.79 Å². The van der Waals surface area contributed by atoms with Gasteiger partial charge in [-0.2, -0.15) is 4.98 Å². The fourth-order valence-corrected chi connectivity index (χ4v) is 3.60. The van der Waals surface area contributed by atoms with Crippen LogP contribution in [0.1, 0.15) is 34.8 Å². The summed E-state index contributed by atoms with van der Waals surface area (Å²) in [5.74, 6) is 0.564. The molecule has 1 aliphatic rings. The number of benzene rings is 1. The monoisotopic (exact) mass is 433 g/mol. The number of amides is 1. The summed E-state index contributed by atoms with van der Waals surface area (Å²) in [6.07, 6.45) is 3.41. The van der Waals surface area contributed by atoms with E-state index >= 15 is 0 Å². The molecule has 0 radical (unpaired) electrons. The van der Waals surface area contributed by atoms with Crippen molar-refractivity contribution in [2.24, 2.45) is 0 Å². The lowest BCUT2D eigenvalue weighted by Gasteiger charge is -2.10. The van der Waals surface area contributed by atoms with Gasteiger partial charge < -0.3 is 19.3 Å². The number of hydrogen-bond acceptors (Lipinski definition) is 7. The molecule has 5 rings (SSSR count). The van der Waals surface area contributed by atoms with Gasteiger partial charge in [0, 0.05) is 17.4 Å². The maximum Gasteiger partial charge on any atom is 0.274 e. The Bertz CT molecular complexity index is 1260. The Morgan fingerprint density at radius 3 is 3.00 bits per heavy atom. The third-order valence-corrected chi connectivity index (χ3v) is 5.44. The molecule has 0 spiro atoms. The van der Waals surface area contributed by atoms with E-state index in [1.165, 1.54) is 0 Å². The summed E-state index contributed by atoms with van der Waals surface area (Å²) in [6.45, 7) is 5.39. The summed E-state index contributed by atoms with van der Waals surface area (Å²) in [6, 6.07) is 11.2. The summed E-state index contributed by atoms with van der Waals surface area (Å²) < 4.78 is 18.6. The van der Waals surface area contributed by atoms with E-state index in [0.29, 0.717) is 48.6 Å². The predicted molar refractivity (Wildman–Crippen MR) is 117 cm³/mol. The van der Waals surface area contributed by atoms with E-state index in [1.807, 2.05) is 56.4 Å². The van der Waals surface area contributed by atoms with Gasteiger partial charge in [0.2, 0.25) is 11.7 Å². The lowest BCUT2D eigenvalue weighted by Crippen LogP contribution is -2.15. The van der Waals surface area contributed by atoms with Crippen molar-refractivity contribution in [3.8, 4) is 11.4 Å². The van der Waals surface area contributed by atoms with Crippen molar-refractivity contribution >= 4 is 17.2 Å². The number of carbonyl (C=O) groups is 1. The van der Waals surface area contributed by atoms with Crippen molar-refractivity contribution in [3.63, 3.8) is 0 Å². The number of imidazole rings is 1. The summed E-state index contributed by atoms with van der Waals surface area (Å²) in [5, 5.41) is 7.10. The maximum atomic E-state index is 12.9. The van der Waals surface area contributed by atoms with Gasteiger partial charge in [-0.05, 0) is 37.6 Å².